The number of H-pyrrole nitrogens is 1. The third kappa shape index (κ3) is 8.36. The quantitative estimate of drug-likeness (QED) is 0.193. The molecule has 1 amide bonds. The Morgan fingerprint density at radius 3 is 2.41 bits per heavy atom. The molecule has 2 aromatic carbocycles. The van der Waals surface area contributed by atoms with Gasteiger partial charge in [0.1, 0.15) is 0 Å². The van der Waals surface area contributed by atoms with Gasteiger partial charge in [-0.05, 0) is 67.6 Å². The number of nitrogens with one attached hydrogen (secondary N) is 2. The molecular formula is C32H39ClN2O6. The minimum atomic E-state index is -1.06. The number of pyridine rings is 1. The molecule has 3 aromatic rings. The van der Waals surface area contributed by atoms with Crippen LogP contribution in [0.1, 0.15) is 86.2 Å². The molecule has 0 bridgehead atoms. The van der Waals surface area contributed by atoms with Gasteiger partial charge in [-0.1, -0.05) is 55.6 Å². The SMILES string of the molecule is CCCC[C@H](C(=O)N[C@@H](CC(=O)O)c1ccc(OCC)c(OCC)c1)c1c(C)c[nH]c(=O)c1Cc1ccccc1Cl. The Kier molecular flexibility index (Phi) is 11.8. The minimum Gasteiger partial charge on any atom is -0.490 e. The molecule has 0 aliphatic rings. The number of rotatable bonds is 15. The van der Waals surface area contributed by atoms with E-state index in [0.29, 0.717) is 52.8 Å². The van der Waals surface area contributed by atoms with Crippen LogP contribution in [0.3, 0.4) is 0 Å². The van der Waals surface area contributed by atoms with Gasteiger partial charge < -0.3 is 24.9 Å². The fraction of sp³-hybridized carbons (Fsp3) is 0.406. The minimum absolute atomic E-state index is 0.261. The summed E-state index contributed by atoms with van der Waals surface area (Å²) in [5.74, 6) is -1.04. The number of unbranched alkanes of at least 4 members (excludes halogenated alkanes) is 1. The van der Waals surface area contributed by atoms with Crippen molar-refractivity contribution in [2.24, 2.45) is 0 Å². The fourth-order valence-corrected chi connectivity index (χ4v) is 5.19. The Balaban J connectivity index is 2.05. The average Bonchev–Trinajstić information content (AvgIpc) is 2.93. The molecule has 220 valence electrons. The molecule has 1 aromatic heterocycles. The highest BCUT2D eigenvalue weighted by Crippen LogP contribution is 2.34. The van der Waals surface area contributed by atoms with Crippen molar-refractivity contribution < 1.29 is 24.2 Å². The summed E-state index contributed by atoms with van der Waals surface area (Å²) in [5.41, 5.74) is 2.98. The lowest BCUT2D eigenvalue weighted by atomic mass is 9.85. The second-order valence-corrected chi connectivity index (χ2v) is 10.3. The van der Waals surface area contributed by atoms with Crippen LogP contribution in [0.15, 0.2) is 53.5 Å². The zero-order chi connectivity index (χ0) is 29.9. The van der Waals surface area contributed by atoms with Gasteiger partial charge in [-0.25, -0.2) is 0 Å². The van der Waals surface area contributed by atoms with Gasteiger partial charge in [0.15, 0.2) is 11.5 Å². The van der Waals surface area contributed by atoms with Crippen molar-refractivity contribution in [1.82, 2.24) is 10.3 Å². The van der Waals surface area contributed by atoms with Gasteiger partial charge in [-0.3, -0.25) is 14.4 Å². The number of aryl methyl sites for hydroxylation is 1. The highest BCUT2D eigenvalue weighted by Gasteiger charge is 2.29. The summed E-state index contributed by atoms with van der Waals surface area (Å²) in [4.78, 5) is 41.9. The van der Waals surface area contributed by atoms with Crippen LogP contribution in [-0.2, 0) is 16.0 Å². The number of hydrogen-bond acceptors (Lipinski definition) is 5. The molecule has 2 atom stereocenters. The number of carboxylic acids is 1. The number of halogens is 1. The Labute approximate surface area is 246 Å². The number of aromatic amines is 1. The van der Waals surface area contributed by atoms with E-state index in [1.807, 2.05) is 45.9 Å². The first kappa shape index (κ1) is 31.7. The van der Waals surface area contributed by atoms with E-state index in [-0.39, 0.29) is 24.3 Å². The first-order valence-corrected chi connectivity index (χ1v) is 14.4. The topological polar surface area (TPSA) is 118 Å². The van der Waals surface area contributed by atoms with Crippen molar-refractivity contribution in [1.29, 1.82) is 0 Å². The summed E-state index contributed by atoms with van der Waals surface area (Å²) in [6, 6.07) is 11.7. The number of ether oxygens (including phenoxy) is 2. The molecule has 0 saturated carbocycles. The Morgan fingerprint density at radius 2 is 1.76 bits per heavy atom. The predicted molar refractivity (Wildman–Crippen MR) is 160 cm³/mol. The summed E-state index contributed by atoms with van der Waals surface area (Å²) in [7, 11) is 0. The number of aliphatic carboxylic acids is 1. The third-order valence-electron chi connectivity index (χ3n) is 6.95. The maximum absolute atomic E-state index is 14.0. The molecule has 8 nitrogen and oxygen atoms in total. The lowest BCUT2D eigenvalue weighted by Crippen LogP contribution is -2.35. The maximum atomic E-state index is 14.0. The van der Waals surface area contributed by atoms with Crippen molar-refractivity contribution in [3.8, 4) is 11.5 Å². The van der Waals surface area contributed by atoms with Crippen molar-refractivity contribution in [3.05, 3.63) is 91.9 Å². The highest BCUT2D eigenvalue weighted by molar-refractivity contribution is 6.31. The number of hydrogen-bond donors (Lipinski definition) is 3. The fourth-order valence-electron chi connectivity index (χ4n) is 4.99. The van der Waals surface area contributed by atoms with Crippen LogP contribution in [0.2, 0.25) is 5.02 Å². The van der Waals surface area contributed by atoms with Gasteiger partial charge in [0.2, 0.25) is 5.91 Å². The largest absolute Gasteiger partial charge is 0.490 e. The summed E-state index contributed by atoms with van der Waals surface area (Å²) >= 11 is 6.43. The molecule has 3 N–H and O–H groups in total. The van der Waals surface area contributed by atoms with Crippen LogP contribution in [-0.4, -0.2) is 35.2 Å². The average molecular weight is 583 g/mol. The Morgan fingerprint density at radius 1 is 1.05 bits per heavy atom. The van der Waals surface area contributed by atoms with Crippen LogP contribution < -0.4 is 20.3 Å². The molecule has 0 aliphatic carbocycles. The number of carbonyl (C=O) groups excluding carboxylic acids is 1. The van der Waals surface area contributed by atoms with Crippen LogP contribution in [0.5, 0.6) is 11.5 Å². The van der Waals surface area contributed by atoms with Crippen LogP contribution in [0, 0.1) is 6.92 Å². The normalized spacial score (nSPS) is 12.4. The molecule has 9 heteroatoms. The summed E-state index contributed by atoms with van der Waals surface area (Å²) < 4.78 is 11.4. The van der Waals surface area contributed by atoms with Gasteiger partial charge in [0.05, 0.1) is 31.6 Å². The summed E-state index contributed by atoms with van der Waals surface area (Å²) in [6.07, 6.45) is 3.65. The molecule has 1 heterocycles. The van der Waals surface area contributed by atoms with E-state index >= 15 is 0 Å². The first-order valence-electron chi connectivity index (χ1n) is 14.1. The Bertz CT molecular complexity index is 1400. The van der Waals surface area contributed by atoms with Gasteiger partial charge in [-0.2, -0.15) is 0 Å². The van der Waals surface area contributed by atoms with Gasteiger partial charge in [0, 0.05) is 23.2 Å². The number of carboxylic acid groups (broad SMARTS) is 1. The molecule has 0 unspecified atom stereocenters. The zero-order valence-corrected chi connectivity index (χ0v) is 24.8. The van der Waals surface area contributed by atoms with Gasteiger partial charge in [0.25, 0.3) is 5.56 Å². The number of benzene rings is 2. The molecule has 0 fully saturated rings. The Hall–Kier alpha value is -3.78. The number of carbonyl (C=O) groups is 2. The van der Waals surface area contributed by atoms with E-state index in [2.05, 4.69) is 10.3 Å². The summed E-state index contributed by atoms with van der Waals surface area (Å²) in [5, 5.41) is 13.2. The van der Waals surface area contributed by atoms with Crippen LogP contribution >= 0.6 is 11.6 Å². The molecule has 0 radical (unpaired) electrons. The molecule has 3 rings (SSSR count). The van der Waals surface area contributed by atoms with E-state index in [1.54, 1.807) is 30.5 Å². The zero-order valence-electron chi connectivity index (χ0n) is 24.1. The van der Waals surface area contributed by atoms with E-state index in [0.717, 1.165) is 24.0 Å². The highest BCUT2D eigenvalue weighted by atomic mass is 35.5. The van der Waals surface area contributed by atoms with E-state index < -0.39 is 17.9 Å². The van der Waals surface area contributed by atoms with Gasteiger partial charge >= 0.3 is 5.97 Å². The first-order chi connectivity index (χ1) is 19.7. The maximum Gasteiger partial charge on any atom is 0.305 e. The van der Waals surface area contributed by atoms with E-state index in [1.165, 1.54) is 0 Å². The monoisotopic (exact) mass is 582 g/mol. The van der Waals surface area contributed by atoms with Crippen molar-refractivity contribution in [2.75, 3.05) is 13.2 Å². The number of amides is 1. The van der Waals surface area contributed by atoms with Gasteiger partial charge in [-0.15, -0.1) is 0 Å². The third-order valence-corrected chi connectivity index (χ3v) is 7.31. The second-order valence-electron chi connectivity index (χ2n) is 9.89. The molecular weight excluding hydrogens is 544 g/mol. The lowest BCUT2D eigenvalue weighted by molar-refractivity contribution is -0.137. The summed E-state index contributed by atoms with van der Waals surface area (Å²) in [6.45, 7) is 8.45. The molecule has 41 heavy (non-hydrogen) atoms. The van der Waals surface area contributed by atoms with Crippen molar-refractivity contribution in [2.45, 2.75) is 71.8 Å². The van der Waals surface area contributed by atoms with E-state index in [4.69, 9.17) is 21.1 Å². The smallest absolute Gasteiger partial charge is 0.305 e. The molecule has 0 spiro atoms. The van der Waals surface area contributed by atoms with E-state index in [9.17, 15) is 19.5 Å². The van der Waals surface area contributed by atoms with Crippen LogP contribution in [0.4, 0.5) is 0 Å². The standard InChI is InChI=1S/C32H39ClN2O6/c1-5-8-12-23(30-20(4)19-34-31(38)24(30)16-21-11-9-10-13-25(21)33)32(39)35-26(18-29(36)37)22-14-15-27(40-6-2)28(17-22)41-7-3/h9-11,13-15,17,19,23,26H,5-8,12,16,18H2,1-4H3,(H,34,38)(H,35,39)(H,36,37)/t23-,26-/m0/s1. The lowest BCUT2D eigenvalue weighted by Gasteiger charge is -2.25. The molecule has 0 saturated heterocycles. The van der Waals surface area contributed by atoms with Crippen molar-refractivity contribution in [3.63, 3.8) is 0 Å². The van der Waals surface area contributed by atoms with Crippen LogP contribution in [0.25, 0.3) is 0 Å². The number of aromatic nitrogens is 1. The van der Waals surface area contributed by atoms with Crippen molar-refractivity contribution >= 4 is 23.5 Å². The molecule has 0 aliphatic heterocycles. The second kappa shape index (κ2) is 15.3. The predicted octanol–water partition coefficient (Wildman–Crippen LogP) is 6.33.